The second-order valence-electron chi connectivity index (χ2n) is 5.30. The molecule has 0 bridgehead atoms. The van der Waals surface area contributed by atoms with Crippen LogP contribution < -0.4 is 5.32 Å². The SMILES string of the molecule is C[C@@H](O)CCN(C)C(=O)NCCc1csc2ccccc12. The molecule has 0 saturated carbocycles. The Morgan fingerprint density at radius 1 is 1.43 bits per heavy atom. The van der Waals surface area contributed by atoms with Gasteiger partial charge in [0.05, 0.1) is 6.10 Å². The first-order valence-electron chi connectivity index (χ1n) is 7.20. The summed E-state index contributed by atoms with van der Waals surface area (Å²) in [6.07, 6.45) is 1.05. The number of rotatable bonds is 6. The van der Waals surface area contributed by atoms with Crippen molar-refractivity contribution in [3.63, 3.8) is 0 Å². The number of amides is 2. The number of thiophene rings is 1. The number of hydrogen-bond acceptors (Lipinski definition) is 3. The topological polar surface area (TPSA) is 52.6 Å². The highest BCUT2D eigenvalue weighted by atomic mass is 32.1. The van der Waals surface area contributed by atoms with Gasteiger partial charge in [0.1, 0.15) is 0 Å². The molecule has 0 aliphatic rings. The van der Waals surface area contributed by atoms with E-state index in [2.05, 4.69) is 22.8 Å². The first-order valence-corrected chi connectivity index (χ1v) is 8.08. The molecule has 2 aromatic rings. The lowest BCUT2D eigenvalue weighted by Crippen LogP contribution is -2.39. The molecule has 114 valence electrons. The van der Waals surface area contributed by atoms with Gasteiger partial charge in [-0.3, -0.25) is 0 Å². The Hall–Kier alpha value is -1.59. The Balaban J connectivity index is 1.80. The molecule has 0 unspecified atom stereocenters. The van der Waals surface area contributed by atoms with Gasteiger partial charge in [-0.25, -0.2) is 4.79 Å². The molecule has 0 aliphatic carbocycles. The van der Waals surface area contributed by atoms with E-state index in [1.807, 2.05) is 12.1 Å². The van der Waals surface area contributed by atoms with Crippen LogP contribution in [-0.4, -0.2) is 42.3 Å². The van der Waals surface area contributed by atoms with Crippen molar-refractivity contribution in [3.05, 3.63) is 35.2 Å². The van der Waals surface area contributed by atoms with Crippen molar-refractivity contribution < 1.29 is 9.90 Å². The first kappa shape index (κ1) is 15.8. The Kier molecular flexibility index (Phi) is 5.59. The number of aliphatic hydroxyl groups is 1. The highest BCUT2D eigenvalue weighted by molar-refractivity contribution is 7.17. The Labute approximate surface area is 129 Å². The molecular formula is C16H22N2O2S. The van der Waals surface area contributed by atoms with Crippen LogP contribution in [0.1, 0.15) is 18.9 Å². The zero-order chi connectivity index (χ0) is 15.2. The maximum Gasteiger partial charge on any atom is 0.317 e. The monoisotopic (exact) mass is 306 g/mol. The van der Waals surface area contributed by atoms with E-state index in [0.717, 1.165) is 6.42 Å². The quantitative estimate of drug-likeness (QED) is 0.862. The first-order chi connectivity index (χ1) is 10.1. The van der Waals surface area contributed by atoms with Gasteiger partial charge in [0, 0.05) is 24.8 Å². The van der Waals surface area contributed by atoms with E-state index in [9.17, 15) is 9.90 Å². The van der Waals surface area contributed by atoms with E-state index < -0.39 is 0 Å². The molecule has 1 heterocycles. The summed E-state index contributed by atoms with van der Waals surface area (Å²) in [4.78, 5) is 13.5. The fourth-order valence-electron chi connectivity index (χ4n) is 2.15. The molecule has 0 radical (unpaired) electrons. The summed E-state index contributed by atoms with van der Waals surface area (Å²) in [7, 11) is 1.75. The molecular weight excluding hydrogens is 284 g/mol. The fraction of sp³-hybridized carbons (Fsp3) is 0.438. The van der Waals surface area contributed by atoms with Gasteiger partial charge in [-0.1, -0.05) is 18.2 Å². The standard InChI is InChI=1S/C16H22N2O2S/c1-12(19)8-10-18(2)16(20)17-9-7-13-11-21-15-6-4-3-5-14(13)15/h3-6,11-12,19H,7-10H2,1-2H3,(H,17,20)/t12-/m1/s1. The van der Waals surface area contributed by atoms with Crippen molar-refractivity contribution in [3.8, 4) is 0 Å². The average Bonchev–Trinajstić information content (AvgIpc) is 2.88. The highest BCUT2D eigenvalue weighted by Gasteiger charge is 2.09. The molecule has 2 rings (SSSR count). The lowest BCUT2D eigenvalue weighted by atomic mass is 10.1. The average molecular weight is 306 g/mol. The van der Waals surface area contributed by atoms with Crippen molar-refractivity contribution in [2.24, 2.45) is 0 Å². The van der Waals surface area contributed by atoms with E-state index in [1.54, 1.807) is 30.2 Å². The van der Waals surface area contributed by atoms with Gasteiger partial charge in [0.15, 0.2) is 0 Å². The van der Waals surface area contributed by atoms with Crippen LogP contribution in [0.15, 0.2) is 29.6 Å². The number of hydrogen-bond donors (Lipinski definition) is 2. The highest BCUT2D eigenvalue weighted by Crippen LogP contribution is 2.25. The smallest absolute Gasteiger partial charge is 0.317 e. The number of carbonyl (C=O) groups is 1. The normalized spacial score (nSPS) is 12.3. The van der Waals surface area contributed by atoms with Gasteiger partial charge in [0.25, 0.3) is 0 Å². The Morgan fingerprint density at radius 3 is 2.95 bits per heavy atom. The Morgan fingerprint density at radius 2 is 2.19 bits per heavy atom. The molecule has 1 atom stereocenters. The van der Waals surface area contributed by atoms with Crippen LogP contribution in [0.5, 0.6) is 0 Å². The van der Waals surface area contributed by atoms with E-state index >= 15 is 0 Å². The van der Waals surface area contributed by atoms with Crippen molar-refractivity contribution in [2.45, 2.75) is 25.9 Å². The van der Waals surface area contributed by atoms with Crippen LogP contribution in [0, 0.1) is 0 Å². The van der Waals surface area contributed by atoms with Crippen molar-refractivity contribution >= 4 is 27.5 Å². The maximum absolute atomic E-state index is 11.9. The molecule has 0 spiro atoms. The van der Waals surface area contributed by atoms with Gasteiger partial charge < -0.3 is 15.3 Å². The van der Waals surface area contributed by atoms with Crippen LogP contribution in [-0.2, 0) is 6.42 Å². The lowest BCUT2D eigenvalue weighted by molar-refractivity contribution is 0.163. The van der Waals surface area contributed by atoms with Crippen LogP contribution in [0.2, 0.25) is 0 Å². The predicted octanol–water partition coefficient (Wildman–Crippen LogP) is 2.86. The minimum absolute atomic E-state index is 0.0878. The number of urea groups is 1. The molecule has 1 aromatic carbocycles. The van der Waals surface area contributed by atoms with Crippen molar-refractivity contribution in [1.82, 2.24) is 10.2 Å². The predicted molar refractivity (Wildman–Crippen MR) is 87.9 cm³/mol. The third-order valence-electron chi connectivity index (χ3n) is 3.46. The number of nitrogens with one attached hydrogen (secondary N) is 1. The molecule has 2 amide bonds. The van der Waals surface area contributed by atoms with Gasteiger partial charge in [0.2, 0.25) is 0 Å². The van der Waals surface area contributed by atoms with Gasteiger partial charge in [-0.15, -0.1) is 11.3 Å². The van der Waals surface area contributed by atoms with E-state index in [0.29, 0.717) is 19.5 Å². The molecule has 21 heavy (non-hydrogen) atoms. The van der Waals surface area contributed by atoms with E-state index in [-0.39, 0.29) is 12.1 Å². The van der Waals surface area contributed by atoms with Crippen LogP contribution >= 0.6 is 11.3 Å². The lowest BCUT2D eigenvalue weighted by Gasteiger charge is -2.18. The minimum Gasteiger partial charge on any atom is -0.393 e. The fourth-order valence-corrected chi connectivity index (χ4v) is 3.14. The van der Waals surface area contributed by atoms with Crippen LogP contribution in [0.3, 0.4) is 0 Å². The summed E-state index contributed by atoms with van der Waals surface area (Å²) in [6, 6.07) is 8.24. The summed E-state index contributed by atoms with van der Waals surface area (Å²) in [5, 5.41) is 15.6. The summed E-state index contributed by atoms with van der Waals surface area (Å²) in [6.45, 7) is 2.91. The maximum atomic E-state index is 11.9. The van der Waals surface area contributed by atoms with Crippen molar-refractivity contribution in [2.75, 3.05) is 20.1 Å². The van der Waals surface area contributed by atoms with Gasteiger partial charge in [-0.05, 0) is 42.2 Å². The largest absolute Gasteiger partial charge is 0.393 e. The van der Waals surface area contributed by atoms with Crippen molar-refractivity contribution in [1.29, 1.82) is 0 Å². The Bertz CT molecular complexity index is 595. The third kappa shape index (κ3) is 4.44. The number of aliphatic hydroxyl groups excluding tert-OH is 1. The molecule has 0 saturated heterocycles. The molecule has 4 nitrogen and oxygen atoms in total. The summed E-state index contributed by atoms with van der Waals surface area (Å²) < 4.78 is 1.29. The number of benzene rings is 1. The minimum atomic E-state index is -0.377. The molecule has 0 fully saturated rings. The van der Waals surface area contributed by atoms with Gasteiger partial charge in [-0.2, -0.15) is 0 Å². The number of nitrogens with zero attached hydrogens (tertiary/aromatic N) is 1. The zero-order valence-electron chi connectivity index (χ0n) is 12.5. The second-order valence-corrected chi connectivity index (χ2v) is 6.21. The summed E-state index contributed by atoms with van der Waals surface area (Å²) in [5.74, 6) is 0. The van der Waals surface area contributed by atoms with E-state index in [4.69, 9.17) is 0 Å². The third-order valence-corrected chi connectivity index (χ3v) is 4.47. The van der Waals surface area contributed by atoms with E-state index in [1.165, 1.54) is 15.6 Å². The number of carbonyl (C=O) groups excluding carboxylic acids is 1. The number of fused-ring (bicyclic) bond motifs is 1. The zero-order valence-corrected chi connectivity index (χ0v) is 13.3. The molecule has 2 N–H and O–H groups in total. The van der Waals surface area contributed by atoms with Gasteiger partial charge >= 0.3 is 6.03 Å². The molecule has 0 aliphatic heterocycles. The van der Waals surface area contributed by atoms with Crippen LogP contribution in [0.25, 0.3) is 10.1 Å². The molecule has 1 aromatic heterocycles. The van der Waals surface area contributed by atoms with Crippen LogP contribution in [0.4, 0.5) is 4.79 Å². The second kappa shape index (κ2) is 7.43. The molecule has 5 heteroatoms. The summed E-state index contributed by atoms with van der Waals surface area (Å²) in [5.41, 5.74) is 1.28. The summed E-state index contributed by atoms with van der Waals surface area (Å²) >= 11 is 1.74.